The number of nitrogens with zero attached hydrogens (tertiary/aromatic N) is 1. The van der Waals surface area contributed by atoms with Crippen molar-refractivity contribution in [1.82, 2.24) is 10.2 Å². The van der Waals surface area contributed by atoms with E-state index in [0.29, 0.717) is 30.9 Å². The van der Waals surface area contributed by atoms with E-state index in [-0.39, 0.29) is 6.54 Å². The Morgan fingerprint density at radius 3 is 2.52 bits per heavy atom. The lowest BCUT2D eigenvalue weighted by atomic mass is 9.93. The molecule has 174 valence electrons. The number of fused-ring (bicyclic) bond motifs is 1. The average Bonchev–Trinajstić information content (AvgIpc) is 2.65. The predicted molar refractivity (Wildman–Crippen MR) is 110 cm³/mol. The molecule has 2 amide bonds. The zero-order valence-corrected chi connectivity index (χ0v) is 18.5. The number of alkyl halides is 3. The van der Waals surface area contributed by atoms with Crippen molar-refractivity contribution in [3.05, 3.63) is 29.3 Å². The van der Waals surface area contributed by atoms with Crippen LogP contribution in [0.5, 0.6) is 5.75 Å². The highest BCUT2D eigenvalue weighted by Crippen LogP contribution is 2.34. The zero-order chi connectivity index (χ0) is 23.2. The fourth-order valence-corrected chi connectivity index (χ4v) is 3.44. The molecule has 0 saturated heterocycles. The molecule has 1 aromatic carbocycles. The first-order valence-electron chi connectivity index (χ1n) is 10.5. The molecule has 9 heteroatoms. The molecule has 1 aliphatic rings. The fraction of sp³-hybridized carbons (Fsp3) is 0.636. The fourth-order valence-electron chi connectivity index (χ4n) is 3.44. The van der Waals surface area contributed by atoms with Crippen LogP contribution in [0.1, 0.15) is 64.1 Å². The van der Waals surface area contributed by atoms with Gasteiger partial charge < -0.3 is 19.7 Å². The predicted octanol–water partition coefficient (Wildman–Crippen LogP) is 4.77. The third-order valence-electron chi connectivity index (χ3n) is 4.92. The van der Waals surface area contributed by atoms with Crippen LogP contribution in [0.25, 0.3) is 0 Å². The van der Waals surface area contributed by atoms with Gasteiger partial charge in [-0.1, -0.05) is 6.07 Å². The van der Waals surface area contributed by atoms with Crippen LogP contribution in [0.4, 0.5) is 18.0 Å². The molecule has 1 atom stereocenters. The molecule has 1 heterocycles. The van der Waals surface area contributed by atoms with Crippen molar-refractivity contribution in [2.24, 2.45) is 0 Å². The molecule has 1 aliphatic heterocycles. The Bertz CT molecular complexity index is 775. The summed E-state index contributed by atoms with van der Waals surface area (Å²) in [7, 11) is 0. The van der Waals surface area contributed by atoms with Gasteiger partial charge in [0, 0.05) is 13.1 Å². The minimum absolute atomic E-state index is 0.0284. The maximum absolute atomic E-state index is 12.8. The molecule has 1 aromatic rings. The third kappa shape index (κ3) is 7.63. The largest absolute Gasteiger partial charge is 0.494 e. The highest BCUT2D eigenvalue weighted by atomic mass is 19.4. The van der Waals surface area contributed by atoms with Crippen molar-refractivity contribution < 1.29 is 32.2 Å². The first-order chi connectivity index (χ1) is 14.4. The Labute approximate surface area is 181 Å². The van der Waals surface area contributed by atoms with E-state index in [1.807, 2.05) is 26.8 Å². The van der Waals surface area contributed by atoms with Crippen molar-refractivity contribution in [3.8, 4) is 5.75 Å². The summed E-state index contributed by atoms with van der Waals surface area (Å²) in [4.78, 5) is 24.0. The van der Waals surface area contributed by atoms with Crippen LogP contribution in [-0.4, -0.2) is 48.4 Å². The molecule has 2 rings (SSSR count). The van der Waals surface area contributed by atoms with E-state index < -0.39 is 29.8 Å². The molecule has 0 radical (unpaired) electrons. The molecule has 6 nitrogen and oxygen atoms in total. The number of alkyl carbamates (subject to hydrolysis) is 1. The number of carbonyl (C=O) groups excluding carboxylic acids is 2. The van der Waals surface area contributed by atoms with Gasteiger partial charge in [-0.15, -0.1) is 0 Å². The Kier molecular flexibility index (Phi) is 8.20. The molecule has 0 saturated carbocycles. The Morgan fingerprint density at radius 2 is 1.87 bits per heavy atom. The number of halogens is 3. The van der Waals surface area contributed by atoms with Crippen LogP contribution in [0.3, 0.4) is 0 Å². The lowest BCUT2D eigenvalue weighted by molar-refractivity contribution is -0.188. The quantitative estimate of drug-likeness (QED) is 0.616. The number of carbonyl (C=O) groups is 2. The molecular formula is C22H31F3N2O4. The van der Waals surface area contributed by atoms with Gasteiger partial charge in [0.1, 0.15) is 11.4 Å². The number of benzene rings is 1. The zero-order valence-electron chi connectivity index (χ0n) is 18.5. The number of rotatable bonds is 7. The van der Waals surface area contributed by atoms with Crippen LogP contribution >= 0.6 is 0 Å². The topological polar surface area (TPSA) is 67.9 Å². The molecule has 31 heavy (non-hydrogen) atoms. The first kappa shape index (κ1) is 24.8. The Balaban J connectivity index is 1.73. The molecule has 1 N–H and O–H groups in total. The number of hydrogen-bond acceptors (Lipinski definition) is 4. The van der Waals surface area contributed by atoms with Gasteiger partial charge in [0.2, 0.25) is 0 Å². The summed E-state index contributed by atoms with van der Waals surface area (Å²) in [5.41, 5.74) is 1.10. The summed E-state index contributed by atoms with van der Waals surface area (Å²) in [6, 6.07) is 4.66. The third-order valence-corrected chi connectivity index (χ3v) is 4.92. The Morgan fingerprint density at radius 1 is 1.16 bits per heavy atom. The van der Waals surface area contributed by atoms with Crippen molar-refractivity contribution >= 4 is 12.0 Å². The minimum Gasteiger partial charge on any atom is -0.494 e. The normalized spacial score (nSPS) is 16.5. The van der Waals surface area contributed by atoms with E-state index >= 15 is 0 Å². The van der Waals surface area contributed by atoms with E-state index in [0.717, 1.165) is 29.7 Å². The van der Waals surface area contributed by atoms with E-state index in [4.69, 9.17) is 9.47 Å². The van der Waals surface area contributed by atoms with Crippen molar-refractivity contribution in [3.63, 3.8) is 0 Å². The van der Waals surface area contributed by atoms with Crippen LogP contribution in [0.2, 0.25) is 0 Å². The van der Waals surface area contributed by atoms with Gasteiger partial charge in [-0.2, -0.15) is 13.2 Å². The monoisotopic (exact) mass is 444 g/mol. The summed E-state index contributed by atoms with van der Waals surface area (Å²) < 4.78 is 49.2. The van der Waals surface area contributed by atoms with Crippen LogP contribution in [-0.2, 0) is 16.0 Å². The molecule has 0 aliphatic carbocycles. The van der Waals surface area contributed by atoms with Crippen LogP contribution in [0.15, 0.2) is 18.2 Å². The van der Waals surface area contributed by atoms with Crippen molar-refractivity contribution in [2.75, 3.05) is 19.7 Å². The second-order valence-electron chi connectivity index (χ2n) is 8.62. The summed E-state index contributed by atoms with van der Waals surface area (Å²) in [5.74, 6) is -1.14. The molecular weight excluding hydrogens is 413 g/mol. The number of nitrogens with one attached hydrogen (secondary N) is 1. The molecule has 0 fully saturated rings. The maximum atomic E-state index is 12.8. The van der Waals surface area contributed by atoms with Gasteiger partial charge >= 0.3 is 18.2 Å². The van der Waals surface area contributed by atoms with E-state index in [1.165, 1.54) is 0 Å². The van der Waals surface area contributed by atoms with E-state index in [2.05, 4.69) is 5.32 Å². The van der Waals surface area contributed by atoms with Gasteiger partial charge in [-0.05, 0) is 76.6 Å². The molecule has 0 spiro atoms. The summed E-state index contributed by atoms with van der Waals surface area (Å²) in [6.07, 6.45) is -2.47. The SMILES string of the molecule is CC1c2ccc(OCCCCCNC(=O)OC(C)(C)C)cc2CCN1C(=O)C(F)(F)F. The lowest BCUT2D eigenvalue weighted by Crippen LogP contribution is -2.45. The molecule has 1 unspecified atom stereocenters. The first-order valence-corrected chi connectivity index (χ1v) is 10.5. The smallest absolute Gasteiger partial charge is 0.471 e. The van der Waals surface area contributed by atoms with Crippen molar-refractivity contribution in [2.45, 2.75) is 71.2 Å². The molecule has 0 bridgehead atoms. The second kappa shape index (κ2) is 10.2. The summed E-state index contributed by atoms with van der Waals surface area (Å²) in [6.45, 7) is 8.09. The number of unbranched alkanes of at least 4 members (excludes halogenated alkanes) is 2. The van der Waals surface area contributed by atoms with E-state index in [9.17, 15) is 22.8 Å². The number of hydrogen-bond donors (Lipinski definition) is 1. The van der Waals surface area contributed by atoms with Gasteiger partial charge in [-0.25, -0.2) is 4.79 Å². The standard InChI is InChI=1S/C22H31F3N2O4/c1-15-18-9-8-17(14-16(18)10-12-27(15)19(28)22(23,24)25)30-13-7-5-6-11-26-20(29)31-21(2,3)4/h8-9,14-15H,5-7,10-13H2,1-4H3,(H,26,29). The molecule has 0 aromatic heterocycles. The highest BCUT2D eigenvalue weighted by molar-refractivity contribution is 5.82. The Hall–Kier alpha value is -2.45. The van der Waals surface area contributed by atoms with Gasteiger partial charge in [0.15, 0.2) is 0 Å². The second-order valence-corrected chi connectivity index (χ2v) is 8.62. The summed E-state index contributed by atoms with van der Waals surface area (Å²) in [5, 5.41) is 2.71. The van der Waals surface area contributed by atoms with Crippen LogP contribution < -0.4 is 10.1 Å². The maximum Gasteiger partial charge on any atom is 0.471 e. The number of ether oxygens (including phenoxy) is 2. The van der Waals surface area contributed by atoms with Gasteiger partial charge in [0.25, 0.3) is 0 Å². The minimum atomic E-state index is -4.86. The lowest BCUT2D eigenvalue weighted by Gasteiger charge is -2.35. The van der Waals surface area contributed by atoms with Crippen molar-refractivity contribution in [1.29, 1.82) is 0 Å². The van der Waals surface area contributed by atoms with Gasteiger partial charge in [-0.3, -0.25) is 4.79 Å². The highest BCUT2D eigenvalue weighted by Gasteiger charge is 2.45. The van der Waals surface area contributed by atoms with Gasteiger partial charge in [0.05, 0.1) is 12.6 Å². The van der Waals surface area contributed by atoms with Crippen LogP contribution in [0, 0.1) is 0 Å². The average molecular weight is 444 g/mol. The van der Waals surface area contributed by atoms with E-state index in [1.54, 1.807) is 19.1 Å². The summed E-state index contributed by atoms with van der Waals surface area (Å²) >= 11 is 0. The number of amides is 2.